The van der Waals surface area contributed by atoms with E-state index in [1.54, 1.807) is 36.4 Å². The van der Waals surface area contributed by atoms with Crippen LogP contribution in [-0.2, 0) is 15.4 Å². The van der Waals surface area contributed by atoms with Crippen molar-refractivity contribution in [1.82, 2.24) is 0 Å². The van der Waals surface area contributed by atoms with Gasteiger partial charge in [0.2, 0.25) is 0 Å². The van der Waals surface area contributed by atoms with Gasteiger partial charge in [0.25, 0.3) is 5.79 Å². The summed E-state index contributed by atoms with van der Waals surface area (Å²) in [4.78, 5) is 17.3. The van der Waals surface area contributed by atoms with Crippen molar-refractivity contribution in [3.05, 3.63) is 70.3 Å². The molecule has 0 bridgehead atoms. The molecule has 0 fully saturated rings. The van der Waals surface area contributed by atoms with Crippen LogP contribution in [0.25, 0.3) is 0 Å². The Labute approximate surface area is 116 Å². The molecule has 0 aromatic heterocycles. The van der Waals surface area contributed by atoms with Crippen LogP contribution in [0.4, 0.5) is 0 Å². The number of ether oxygens (including phenoxy) is 1. The molecule has 20 heavy (non-hydrogen) atoms. The Hall–Kier alpha value is -2.01. The van der Waals surface area contributed by atoms with E-state index in [-0.39, 0.29) is 5.78 Å². The first-order chi connectivity index (χ1) is 9.64. The largest absolute Gasteiger partial charge is 0.344 e. The zero-order chi connectivity index (χ0) is 14.3. The molecule has 0 saturated carbocycles. The van der Waals surface area contributed by atoms with Crippen molar-refractivity contribution in [3.63, 3.8) is 0 Å². The molecule has 2 aromatic rings. The zero-order valence-corrected chi connectivity index (χ0v) is 11.2. The van der Waals surface area contributed by atoms with Gasteiger partial charge in [0, 0.05) is 29.4 Å². The summed E-state index contributed by atoms with van der Waals surface area (Å²) in [6, 6.07) is 12.4. The van der Waals surface area contributed by atoms with Crippen LogP contribution in [0.5, 0.6) is 0 Å². The fourth-order valence-corrected chi connectivity index (χ4v) is 2.75. The third-order valence-electron chi connectivity index (χ3n) is 3.72. The van der Waals surface area contributed by atoms with Gasteiger partial charge in [-0.1, -0.05) is 42.0 Å². The summed E-state index contributed by atoms with van der Waals surface area (Å²) in [6.07, 6.45) is 0. The molecule has 0 spiro atoms. The van der Waals surface area contributed by atoms with Crippen LogP contribution in [0, 0.1) is 6.92 Å². The summed E-state index contributed by atoms with van der Waals surface area (Å²) in [5.41, 5.74) is 2.93. The van der Waals surface area contributed by atoms with Gasteiger partial charge in [-0.05, 0) is 13.0 Å². The highest BCUT2D eigenvalue weighted by molar-refractivity contribution is 6.13. The SMILES string of the molecule is COC1(OO)c2ccccc2C(=O)c2cc(C)ccc21. The summed E-state index contributed by atoms with van der Waals surface area (Å²) in [6.45, 7) is 1.91. The van der Waals surface area contributed by atoms with Gasteiger partial charge in [-0.3, -0.25) is 4.79 Å². The van der Waals surface area contributed by atoms with Gasteiger partial charge in [-0.25, -0.2) is 5.26 Å². The smallest absolute Gasteiger partial charge is 0.255 e. The quantitative estimate of drug-likeness (QED) is 0.518. The number of methoxy groups -OCH3 is 1. The molecule has 2 aromatic carbocycles. The standard InChI is InChI=1S/C16H14O4/c1-10-7-8-14-12(9-10)15(17)11-5-3-4-6-13(11)16(14,19-2)20-18/h3-9,18H,1-2H3. The minimum Gasteiger partial charge on any atom is -0.344 e. The predicted octanol–water partition coefficient (Wildman–Crippen LogP) is 2.88. The molecule has 1 aliphatic carbocycles. The van der Waals surface area contributed by atoms with E-state index in [4.69, 9.17) is 9.62 Å². The minimum absolute atomic E-state index is 0.0935. The minimum atomic E-state index is -1.46. The monoisotopic (exact) mass is 270 g/mol. The molecule has 102 valence electrons. The Morgan fingerprint density at radius 3 is 2.45 bits per heavy atom. The molecule has 3 rings (SSSR count). The fourth-order valence-electron chi connectivity index (χ4n) is 2.75. The highest BCUT2D eigenvalue weighted by Crippen LogP contribution is 2.42. The molecule has 0 radical (unpaired) electrons. The van der Waals surface area contributed by atoms with Gasteiger partial charge >= 0.3 is 0 Å². The van der Waals surface area contributed by atoms with Gasteiger partial charge in [0.15, 0.2) is 5.78 Å². The average Bonchev–Trinajstić information content (AvgIpc) is 2.49. The predicted molar refractivity (Wildman–Crippen MR) is 72.6 cm³/mol. The fraction of sp³-hybridized carbons (Fsp3) is 0.188. The lowest BCUT2D eigenvalue weighted by molar-refractivity contribution is -0.390. The maximum absolute atomic E-state index is 12.6. The van der Waals surface area contributed by atoms with E-state index in [1.165, 1.54) is 7.11 Å². The Morgan fingerprint density at radius 2 is 1.75 bits per heavy atom. The normalized spacial score (nSPS) is 20.4. The molecule has 0 saturated heterocycles. The van der Waals surface area contributed by atoms with E-state index in [2.05, 4.69) is 0 Å². The van der Waals surface area contributed by atoms with Crippen molar-refractivity contribution in [2.45, 2.75) is 12.7 Å². The first kappa shape index (κ1) is 13.0. The molecular formula is C16H14O4. The van der Waals surface area contributed by atoms with E-state index in [0.29, 0.717) is 22.3 Å². The van der Waals surface area contributed by atoms with Crippen molar-refractivity contribution in [1.29, 1.82) is 0 Å². The number of fused-ring (bicyclic) bond motifs is 2. The van der Waals surface area contributed by atoms with Crippen LogP contribution in [0.3, 0.4) is 0 Å². The van der Waals surface area contributed by atoms with Crippen LogP contribution in [0.15, 0.2) is 42.5 Å². The number of carbonyl (C=O) groups excluding carboxylic acids is 1. The molecule has 1 atom stereocenters. The van der Waals surface area contributed by atoms with E-state index < -0.39 is 5.79 Å². The number of benzene rings is 2. The Morgan fingerprint density at radius 1 is 1.05 bits per heavy atom. The lowest BCUT2D eigenvalue weighted by Gasteiger charge is -2.35. The summed E-state index contributed by atoms with van der Waals surface area (Å²) in [7, 11) is 1.44. The number of hydrogen-bond acceptors (Lipinski definition) is 4. The van der Waals surface area contributed by atoms with Gasteiger partial charge in [-0.2, -0.15) is 4.89 Å². The molecule has 0 amide bonds. The van der Waals surface area contributed by atoms with E-state index in [1.807, 2.05) is 13.0 Å². The molecule has 0 aliphatic heterocycles. The first-order valence-electron chi connectivity index (χ1n) is 6.27. The van der Waals surface area contributed by atoms with Crippen LogP contribution in [-0.4, -0.2) is 18.2 Å². The van der Waals surface area contributed by atoms with Crippen molar-refractivity contribution in [2.24, 2.45) is 0 Å². The van der Waals surface area contributed by atoms with Crippen molar-refractivity contribution >= 4 is 5.78 Å². The Kier molecular flexibility index (Phi) is 2.94. The summed E-state index contributed by atoms with van der Waals surface area (Å²) in [5.74, 6) is -1.56. The highest BCUT2D eigenvalue weighted by Gasteiger charge is 2.46. The molecule has 0 heterocycles. The number of hydrogen-bond donors (Lipinski definition) is 1. The third-order valence-corrected chi connectivity index (χ3v) is 3.72. The van der Waals surface area contributed by atoms with E-state index >= 15 is 0 Å². The second-order valence-electron chi connectivity index (χ2n) is 4.84. The van der Waals surface area contributed by atoms with Crippen LogP contribution < -0.4 is 0 Å². The van der Waals surface area contributed by atoms with Crippen LogP contribution in [0.1, 0.15) is 32.6 Å². The topological polar surface area (TPSA) is 55.8 Å². The Bertz CT molecular complexity index is 687. The number of ketones is 1. The van der Waals surface area contributed by atoms with Gasteiger partial charge in [0.05, 0.1) is 0 Å². The summed E-state index contributed by atoms with van der Waals surface area (Å²) < 4.78 is 5.44. The maximum atomic E-state index is 12.6. The van der Waals surface area contributed by atoms with Crippen molar-refractivity contribution in [3.8, 4) is 0 Å². The van der Waals surface area contributed by atoms with E-state index in [0.717, 1.165) is 5.56 Å². The molecular weight excluding hydrogens is 256 g/mol. The van der Waals surface area contributed by atoms with Crippen molar-refractivity contribution in [2.75, 3.05) is 7.11 Å². The second kappa shape index (κ2) is 4.52. The number of carbonyl (C=O) groups is 1. The average molecular weight is 270 g/mol. The summed E-state index contributed by atoms with van der Waals surface area (Å²) in [5, 5.41) is 9.45. The van der Waals surface area contributed by atoms with Crippen LogP contribution in [0.2, 0.25) is 0 Å². The van der Waals surface area contributed by atoms with Crippen molar-refractivity contribution < 1.29 is 19.7 Å². The van der Waals surface area contributed by atoms with Gasteiger partial charge in [-0.15, -0.1) is 0 Å². The van der Waals surface area contributed by atoms with Crippen LogP contribution >= 0.6 is 0 Å². The first-order valence-corrected chi connectivity index (χ1v) is 6.27. The molecule has 1 unspecified atom stereocenters. The maximum Gasteiger partial charge on any atom is 0.255 e. The third kappa shape index (κ3) is 1.56. The second-order valence-corrected chi connectivity index (χ2v) is 4.84. The van der Waals surface area contributed by atoms with Gasteiger partial charge < -0.3 is 4.74 Å². The number of rotatable bonds is 2. The molecule has 4 nitrogen and oxygen atoms in total. The zero-order valence-electron chi connectivity index (χ0n) is 11.2. The Balaban J connectivity index is 2.39. The lowest BCUT2D eigenvalue weighted by Crippen LogP contribution is -2.39. The molecule has 1 N–H and O–H groups in total. The summed E-state index contributed by atoms with van der Waals surface area (Å²) >= 11 is 0. The lowest BCUT2D eigenvalue weighted by atomic mass is 9.80. The molecule has 4 heteroatoms. The molecule has 1 aliphatic rings. The van der Waals surface area contributed by atoms with Gasteiger partial charge in [0.1, 0.15) is 0 Å². The number of aryl methyl sites for hydroxylation is 1. The van der Waals surface area contributed by atoms with E-state index in [9.17, 15) is 10.1 Å². The highest BCUT2D eigenvalue weighted by atomic mass is 17.1.